The third-order valence-electron chi connectivity index (χ3n) is 3.60. The molecule has 0 aromatic carbocycles. The first-order chi connectivity index (χ1) is 9.83. The van der Waals surface area contributed by atoms with Crippen LogP contribution >= 0.6 is 11.3 Å². The Morgan fingerprint density at radius 1 is 1.62 bits per heavy atom. The number of carbonyl (C=O) groups excluding carboxylic acids is 1. The molecule has 3 unspecified atom stereocenters. The molecular weight excluding hydrogens is 294 g/mol. The van der Waals surface area contributed by atoms with Crippen molar-refractivity contribution in [2.24, 2.45) is 5.41 Å². The van der Waals surface area contributed by atoms with E-state index in [4.69, 9.17) is 4.74 Å². The molecular formula is C13H19N3O4S. The first-order valence-electron chi connectivity index (χ1n) is 6.63. The minimum Gasteiger partial charge on any atom is -0.481 e. The first kappa shape index (κ1) is 15.7. The van der Waals surface area contributed by atoms with Gasteiger partial charge in [0.15, 0.2) is 0 Å². The van der Waals surface area contributed by atoms with Gasteiger partial charge in [-0.1, -0.05) is 0 Å². The maximum Gasteiger partial charge on any atom is 0.315 e. The summed E-state index contributed by atoms with van der Waals surface area (Å²) in [5, 5.41) is 17.4. The van der Waals surface area contributed by atoms with Crippen LogP contribution in [0.15, 0.2) is 5.38 Å². The summed E-state index contributed by atoms with van der Waals surface area (Å²) in [4.78, 5) is 27.6. The molecule has 1 aromatic heterocycles. The van der Waals surface area contributed by atoms with Gasteiger partial charge in [-0.05, 0) is 20.8 Å². The summed E-state index contributed by atoms with van der Waals surface area (Å²) in [6.45, 7) is 5.58. The molecule has 0 radical (unpaired) electrons. The highest BCUT2D eigenvalue weighted by molar-refractivity contribution is 7.09. The SMILES string of the molecule is Cc1csc(C(C)NC(=O)NC2COCC2(C)C(=O)O)n1. The smallest absolute Gasteiger partial charge is 0.315 e. The fourth-order valence-electron chi connectivity index (χ4n) is 2.11. The van der Waals surface area contributed by atoms with Crippen LogP contribution < -0.4 is 10.6 Å². The van der Waals surface area contributed by atoms with Gasteiger partial charge in [0.25, 0.3) is 0 Å². The molecule has 1 fully saturated rings. The number of carboxylic acid groups (broad SMARTS) is 1. The molecule has 21 heavy (non-hydrogen) atoms. The van der Waals surface area contributed by atoms with Gasteiger partial charge in [-0.15, -0.1) is 11.3 Å². The zero-order chi connectivity index (χ0) is 15.6. The Hall–Kier alpha value is -1.67. The van der Waals surface area contributed by atoms with E-state index in [0.717, 1.165) is 10.7 Å². The molecule has 1 aromatic rings. The number of rotatable bonds is 4. The number of nitrogens with one attached hydrogen (secondary N) is 2. The summed E-state index contributed by atoms with van der Waals surface area (Å²) in [5.41, 5.74) is -0.190. The van der Waals surface area contributed by atoms with Crippen molar-refractivity contribution in [3.63, 3.8) is 0 Å². The van der Waals surface area contributed by atoms with Gasteiger partial charge in [-0.3, -0.25) is 4.79 Å². The van der Waals surface area contributed by atoms with Crippen LogP contribution in [0.1, 0.15) is 30.6 Å². The van der Waals surface area contributed by atoms with Crippen LogP contribution in [0.5, 0.6) is 0 Å². The van der Waals surface area contributed by atoms with Crippen LogP contribution in [0.4, 0.5) is 4.79 Å². The Labute approximate surface area is 126 Å². The second kappa shape index (κ2) is 5.98. The van der Waals surface area contributed by atoms with Crippen LogP contribution in [-0.2, 0) is 9.53 Å². The molecule has 2 heterocycles. The molecule has 7 nitrogen and oxygen atoms in total. The van der Waals surface area contributed by atoms with Gasteiger partial charge >= 0.3 is 12.0 Å². The van der Waals surface area contributed by atoms with Gasteiger partial charge in [-0.25, -0.2) is 9.78 Å². The molecule has 116 valence electrons. The predicted octanol–water partition coefficient (Wildman–Crippen LogP) is 1.30. The van der Waals surface area contributed by atoms with Crippen molar-refractivity contribution in [1.82, 2.24) is 15.6 Å². The van der Waals surface area contributed by atoms with Gasteiger partial charge in [0, 0.05) is 11.1 Å². The number of nitrogens with zero attached hydrogens (tertiary/aromatic N) is 1. The van der Waals surface area contributed by atoms with Crippen LogP contribution in [0.3, 0.4) is 0 Å². The summed E-state index contributed by atoms with van der Waals surface area (Å²) >= 11 is 1.47. The van der Waals surface area contributed by atoms with Gasteiger partial charge in [-0.2, -0.15) is 0 Å². The average molecular weight is 313 g/mol. The van der Waals surface area contributed by atoms with E-state index < -0.39 is 23.5 Å². The summed E-state index contributed by atoms with van der Waals surface area (Å²) < 4.78 is 5.19. The highest BCUT2D eigenvalue weighted by Crippen LogP contribution is 2.28. The molecule has 0 bridgehead atoms. The molecule has 2 rings (SSSR count). The van der Waals surface area contributed by atoms with Crippen LogP contribution in [0.2, 0.25) is 0 Å². The molecule has 1 aliphatic rings. The molecule has 0 saturated carbocycles. The number of hydrogen-bond acceptors (Lipinski definition) is 5. The zero-order valence-corrected chi connectivity index (χ0v) is 13.0. The standard InChI is InChI=1S/C13H19N3O4S/c1-7-5-21-10(14-7)8(2)15-12(19)16-9-4-20-6-13(9,3)11(17)18/h5,8-9H,4,6H2,1-3H3,(H,17,18)(H2,15,16,19). The van der Waals surface area contributed by atoms with E-state index in [1.54, 1.807) is 6.92 Å². The van der Waals surface area contributed by atoms with E-state index in [9.17, 15) is 14.7 Å². The Balaban J connectivity index is 1.94. The van der Waals surface area contributed by atoms with Gasteiger partial charge in [0.05, 0.1) is 25.3 Å². The average Bonchev–Trinajstić information content (AvgIpc) is 2.97. The van der Waals surface area contributed by atoms with Gasteiger partial charge in [0.1, 0.15) is 10.4 Å². The lowest BCUT2D eigenvalue weighted by atomic mass is 9.85. The Bertz CT molecular complexity index is 547. The highest BCUT2D eigenvalue weighted by atomic mass is 32.1. The van der Waals surface area contributed by atoms with E-state index in [2.05, 4.69) is 15.6 Å². The number of aromatic nitrogens is 1. The van der Waals surface area contributed by atoms with Gasteiger partial charge < -0.3 is 20.5 Å². The van der Waals surface area contributed by atoms with Crippen molar-refractivity contribution < 1.29 is 19.4 Å². The highest BCUT2D eigenvalue weighted by Gasteiger charge is 2.47. The van der Waals surface area contributed by atoms with Crippen molar-refractivity contribution in [3.05, 3.63) is 16.1 Å². The van der Waals surface area contributed by atoms with Crippen LogP contribution in [0.25, 0.3) is 0 Å². The Kier molecular flexibility index (Phi) is 4.48. The van der Waals surface area contributed by atoms with Crippen molar-refractivity contribution in [3.8, 4) is 0 Å². The predicted molar refractivity (Wildman–Crippen MR) is 77.3 cm³/mol. The summed E-state index contributed by atoms with van der Waals surface area (Å²) in [7, 11) is 0. The molecule has 8 heteroatoms. The second-order valence-corrected chi connectivity index (χ2v) is 6.35. The summed E-state index contributed by atoms with van der Waals surface area (Å²) in [5.74, 6) is -0.978. The molecule has 3 N–H and O–H groups in total. The molecule has 3 atom stereocenters. The van der Waals surface area contributed by atoms with Crippen LogP contribution in [-0.4, -0.2) is 41.3 Å². The normalized spacial score (nSPS) is 26.3. The quantitative estimate of drug-likeness (QED) is 0.778. The fraction of sp³-hybridized carbons (Fsp3) is 0.615. The third kappa shape index (κ3) is 3.33. The van der Waals surface area contributed by atoms with E-state index in [-0.39, 0.29) is 19.3 Å². The summed E-state index contributed by atoms with van der Waals surface area (Å²) in [6.07, 6.45) is 0. The minimum absolute atomic E-state index is 0.0918. The lowest BCUT2D eigenvalue weighted by molar-refractivity contribution is -0.148. The number of aliphatic carboxylic acids is 1. The maximum atomic E-state index is 12.0. The number of amides is 2. The van der Waals surface area contributed by atoms with Crippen molar-refractivity contribution in [2.45, 2.75) is 32.9 Å². The lowest BCUT2D eigenvalue weighted by Gasteiger charge is -2.26. The van der Waals surface area contributed by atoms with Crippen LogP contribution in [0, 0.1) is 12.3 Å². The molecule has 2 amide bonds. The van der Waals surface area contributed by atoms with Crippen molar-refractivity contribution >= 4 is 23.3 Å². The topological polar surface area (TPSA) is 101 Å². The number of aryl methyl sites for hydroxylation is 1. The fourth-order valence-corrected chi connectivity index (χ4v) is 2.92. The lowest BCUT2D eigenvalue weighted by Crippen LogP contribution is -2.52. The van der Waals surface area contributed by atoms with E-state index in [0.29, 0.717) is 0 Å². The maximum absolute atomic E-state index is 12.0. The first-order valence-corrected chi connectivity index (χ1v) is 7.51. The van der Waals surface area contributed by atoms with E-state index in [1.807, 2.05) is 19.2 Å². The number of ether oxygens (including phenoxy) is 1. The summed E-state index contributed by atoms with van der Waals surface area (Å²) in [6, 6.07) is -1.21. The molecule has 0 spiro atoms. The largest absolute Gasteiger partial charge is 0.481 e. The second-order valence-electron chi connectivity index (χ2n) is 5.46. The monoisotopic (exact) mass is 313 g/mol. The number of carbonyl (C=O) groups is 2. The van der Waals surface area contributed by atoms with Gasteiger partial charge in [0.2, 0.25) is 0 Å². The number of urea groups is 1. The molecule has 1 saturated heterocycles. The Morgan fingerprint density at radius 3 is 2.90 bits per heavy atom. The number of thiazole rings is 1. The zero-order valence-electron chi connectivity index (χ0n) is 12.2. The van der Waals surface area contributed by atoms with E-state index in [1.165, 1.54) is 11.3 Å². The third-order valence-corrected chi connectivity index (χ3v) is 4.75. The molecule has 1 aliphatic heterocycles. The molecule has 0 aliphatic carbocycles. The number of hydrogen-bond donors (Lipinski definition) is 3. The van der Waals surface area contributed by atoms with Crippen molar-refractivity contribution in [1.29, 1.82) is 0 Å². The number of carboxylic acids is 1. The Morgan fingerprint density at radius 2 is 2.33 bits per heavy atom. The van der Waals surface area contributed by atoms with E-state index >= 15 is 0 Å². The minimum atomic E-state index is -1.10. The van der Waals surface area contributed by atoms with Crippen molar-refractivity contribution in [2.75, 3.05) is 13.2 Å².